The number of fused-ring (bicyclic) bond motifs is 1. The van der Waals surface area contributed by atoms with Crippen LogP contribution in [0.5, 0.6) is 0 Å². The van der Waals surface area contributed by atoms with Crippen LogP contribution in [0.3, 0.4) is 0 Å². The standard InChI is InChI=1S/C27H27F3O3/c1-15-10-20-11-16(2)22(31)12-21(18-6-8-19(9-7-18)27(28,29)30)25(4,5)14-23-17(3)24(32)26(20,13-15)33-23/h6-12,15H,13-14H2,1-5H3/b16-11-,21-12+/t15-,26+/m0/s1. The molecule has 1 spiro atoms. The Morgan fingerprint density at radius 1 is 1.03 bits per heavy atom. The van der Waals surface area contributed by atoms with Crippen molar-refractivity contribution in [3.8, 4) is 0 Å². The van der Waals surface area contributed by atoms with E-state index in [1.54, 1.807) is 19.9 Å². The van der Waals surface area contributed by atoms with Gasteiger partial charge in [-0.15, -0.1) is 0 Å². The highest BCUT2D eigenvalue weighted by Gasteiger charge is 2.54. The average molecular weight is 457 g/mol. The van der Waals surface area contributed by atoms with Gasteiger partial charge < -0.3 is 4.74 Å². The molecule has 0 N–H and O–H groups in total. The molecular formula is C27H27F3O3. The van der Waals surface area contributed by atoms with Gasteiger partial charge >= 0.3 is 6.18 Å². The minimum Gasteiger partial charge on any atom is -0.478 e. The van der Waals surface area contributed by atoms with Crippen molar-refractivity contribution in [2.24, 2.45) is 11.3 Å². The van der Waals surface area contributed by atoms with Crippen LogP contribution in [0.1, 0.15) is 58.6 Å². The summed E-state index contributed by atoms with van der Waals surface area (Å²) in [5.41, 5.74) is 0.296. The molecule has 3 nitrogen and oxygen atoms in total. The Bertz CT molecular complexity index is 1160. The molecule has 0 fully saturated rings. The van der Waals surface area contributed by atoms with Crippen molar-refractivity contribution in [3.63, 3.8) is 0 Å². The predicted octanol–water partition coefficient (Wildman–Crippen LogP) is 6.61. The van der Waals surface area contributed by atoms with Gasteiger partial charge in [0.1, 0.15) is 5.76 Å². The van der Waals surface area contributed by atoms with E-state index in [9.17, 15) is 22.8 Å². The molecule has 0 saturated carbocycles. The van der Waals surface area contributed by atoms with Gasteiger partial charge in [-0.2, -0.15) is 13.2 Å². The molecule has 0 saturated heterocycles. The predicted molar refractivity (Wildman–Crippen MR) is 120 cm³/mol. The van der Waals surface area contributed by atoms with Gasteiger partial charge in [0, 0.05) is 18.4 Å². The molecule has 174 valence electrons. The highest BCUT2D eigenvalue weighted by molar-refractivity contribution is 6.10. The van der Waals surface area contributed by atoms with E-state index in [1.807, 2.05) is 26.8 Å². The summed E-state index contributed by atoms with van der Waals surface area (Å²) in [6.45, 7) is 9.29. The zero-order chi connectivity index (χ0) is 24.3. The molecule has 6 heteroatoms. The number of ketones is 2. The number of carbonyl (C=O) groups excluding carboxylic acids is 2. The van der Waals surface area contributed by atoms with E-state index in [-0.39, 0.29) is 17.5 Å². The lowest BCUT2D eigenvalue weighted by atomic mass is 9.75. The molecule has 1 aliphatic carbocycles. The van der Waals surface area contributed by atoms with E-state index in [0.29, 0.717) is 46.5 Å². The zero-order valence-corrected chi connectivity index (χ0v) is 19.4. The summed E-state index contributed by atoms with van der Waals surface area (Å²) in [4.78, 5) is 26.5. The molecule has 0 unspecified atom stereocenters. The smallest absolute Gasteiger partial charge is 0.416 e. The second-order valence-electron chi connectivity index (χ2n) is 10.00. The molecule has 2 heterocycles. The van der Waals surface area contributed by atoms with Crippen LogP contribution in [0.15, 0.2) is 65.0 Å². The van der Waals surface area contributed by atoms with E-state index in [2.05, 4.69) is 0 Å². The molecule has 2 bridgehead atoms. The number of Topliss-reactive ketones (excluding diaryl/α,β-unsaturated/α-hetero) is 1. The number of allylic oxidation sites excluding steroid dienone is 5. The van der Waals surface area contributed by atoms with Gasteiger partial charge in [0.25, 0.3) is 0 Å². The third-order valence-electron chi connectivity index (χ3n) is 6.85. The Morgan fingerprint density at radius 2 is 1.67 bits per heavy atom. The van der Waals surface area contributed by atoms with Crippen molar-refractivity contribution >= 4 is 17.1 Å². The molecule has 3 aliphatic rings. The zero-order valence-electron chi connectivity index (χ0n) is 19.4. The molecule has 0 aromatic heterocycles. The number of rotatable bonds is 1. The van der Waals surface area contributed by atoms with Crippen LogP contribution >= 0.6 is 0 Å². The molecule has 2 atom stereocenters. The van der Waals surface area contributed by atoms with Gasteiger partial charge in [-0.25, -0.2) is 0 Å². The van der Waals surface area contributed by atoms with Crippen LogP contribution in [0.2, 0.25) is 0 Å². The van der Waals surface area contributed by atoms with Crippen molar-refractivity contribution in [3.05, 3.63) is 76.1 Å². The van der Waals surface area contributed by atoms with E-state index >= 15 is 0 Å². The highest BCUT2D eigenvalue weighted by atomic mass is 19.4. The number of ether oxygens (including phenoxy) is 1. The minimum atomic E-state index is -4.44. The number of halogens is 3. The first kappa shape index (κ1) is 23.3. The van der Waals surface area contributed by atoms with Crippen molar-refractivity contribution in [2.75, 3.05) is 0 Å². The highest BCUT2D eigenvalue weighted by Crippen LogP contribution is 2.51. The Kier molecular flexibility index (Phi) is 5.34. The van der Waals surface area contributed by atoms with E-state index in [0.717, 1.165) is 12.1 Å². The molecule has 1 aromatic carbocycles. The van der Waals surface area contributed by atoms with E-state index in [4.69, 9.17) is 4.74 Å². The molecule has 0 radical (unpaired) electrons. The Hall–Kier alpha value is -2.89. The van der Waals surface area contributed by atoms with Crippen molar-refractivity contribution < 1.29 is 27.5 Å². The first-order chi connectivity index (χ1) is 15.2. The van der Waals surface area contributed by atoms with Crippen LogP contribution in [-0.2, 0) is 20.5 Å². The third-order valence-corrected chi connectivity index (χ3v) is 6.85. The van der Waals surface area contributed by atoms with Crippen LogP contribution in [0.4, 0.5) is 13.2 Å². The fourth-order valence-electron chi connectivity index (χ4n) is 5.05. The molecule has 0 amide bonds. The summed E-state index contributed by atoms with van der Waals surface area (Å²) in [7, 11) is 0. The SMILES string of the molecule is CC1=C2CC(C)(C)/C(c3ccc(C(F)(F)F)cc3)=C/C(=O)/C(C)=C\C3=C[C@H](C)C[C@]3(O2)C1=O. The summed E-state index contributed by atoms with van der Waals surface area (Å²) < 4.78 is 45.6. The lowest BCUT2D eigenvalue weighted by molar-refractivity contribution is -0.137. The Labute approximate surface area is 191 Å². The maximum atomic E-state index is 13.4. The summed E-state index contributed by atoms with van der Waals surface area (Å²) in [6.07, 6.45) is 1.62. The fraction of sp³-hybridized carbons (Fsp3) is 0.407. The van der Waals surface area contributed by atoms with Crippen LogP contribution in [0.25, 0.3) is 5.57 Å². The largest absolute Gasteiger partial charge is 0.478 e. The number of hydrogen-bond donors (Lipinski definition) is 0. The molecule has 1 aromatic rings. The van der Waals surface area contributed by atoms with Gasteiger partial charge in [0.2, 0.25) is 5.78 Å². The van der Waals surface area contributed by atoms with Gasteiger partial charge in [-0.05, 0) is 71.7 Å². The third kappa shape index (κ3) is 3.90. The minimum absolute atomic E-state index is 0.0824. The summed E-state index contributed by atoms with van der Waals surface area (Å²) in [5.74, 6) is 0.373. The average Bonchev–Trinajstić information content (AvgIpc) is 3.14. The number of benzene rings is 1. The lowest BCUT2D eigenvalue weighted by Gasteiger charge is -2.31. The topological polar surface area (TPSA) is 43.4 Å². The quantitative estimate of drug-likeness (QED) is 0.477. The monoisotopic (exact) mass is 456 g/mol. The Balaban J connectivity index is 1.87. The second kappa shape index (κ2) is 7.57. The van der Waals surface area contributed by atoms with Crippen LogP contribution in [0, 0.1) is 11.3 Å². The molecule has 4 rings (SSSR count). The first-order valence-electron chi connectivity index (χ1n) is 11.0. The molecular weight excluding hydrogens is 429 g/mol. The fourth-order valence-corrected chi connectivity index (χ4v) is 5.05. The first-order valence-corrected chi connectivity index (χ1v) is 11.0. The lowest BCUT2D eigenvalue weighted by Crippen LogP contribution is -2.37. The van der Waals surface area contributed by atoms with Crippen LogP contribution in [-0.4, -0.2) is 17.2 Å². The van der Waals surface area contributed by atoms with Gasteiger partial charge in [0.05, 0.1) is 5.56 Å². The maximum absolute atomic E-state index is 13.4. The number of alkyl halides is 3. The molecule has 2 aliphatic heterocycles. The summed E-state index contributed by atoms with van der Waals surface area (Å²) >= 11 is 0. The van der Waals surface area contributed by atoms with Crippen LogP contribution < -0.4 is 0 Å². The normalized spacial score (nSPS) is 30.5. The van der Waals surface area contributed by atoms with Crippen molar-refractivity contribution in [1.82, 2.24) is 0 Å². The van der Waals surface area contributed by atoms with Gasteiger partial charge in [-0.1, -0.05) is 39.0 Å². The number of carbonyl (C=O) groups is 2. The van der Waals surface area contributed by atoms with Crippen molar-refractivity contribution in [1.29, 1.82) is 0 Å². The summed E-state index contributed by atoms with van der Waals surface area (Å²) in [6, 6.07) is 4.84. The van der Waals surface area contributed by atoms with E-state index in [1.165, 1.54) is 18.2 Å². The van der Waals surface area contributed by atoms with Gasteiger partial charge in [0.15, 0.2) is 11.4 Å². The van der Waals surface area contributed by atoms with Gasteiger partial charge in [-0.3, -0.25) is 9.59 Å². The maximum Gasteiger partial charge on any atom is 0.416 e. The Morgan fingerprint density at radius 3 is 2.27 bits per heavy atom. The summed E-state index contributed by atoms with van der Waals surface area (Å²) in [5, 5.41) is 0. The molecule has 33 heavy (non-hydrogen) atoms. The second-order valence-corrected chi connectivity index (χ2v) is 10.00. The number of hydrogen-bond acceptors (Lipinski definition) is 3. The van der Waals surface area contributed by atoms with E-state index < -0.39 is 22.8 Å². The van der Waals surface area contributed by atoms with Crippen molar-refractivity contribution in [2.45, 2.75) is 59.2 Å².